The Morgan fingerprint density at radius 1 is 1.35 bits per heavy atom. The van der Waals surface area contributed by atoms with Crippen LogP contribution in [0.15, 0.2) is 28.7 Å². The maximum atomic E-state index is 9.42. The summed E-state index contributed by atoms with van der Waals surface area (Å²) < 4.78 is 1.11. The minimum Gasteiger partial charge on any atom is -0.395 e. The van der Waals surface area contributed by atoms with Gasteiger partial charge in [-0.3, -0.25) is 4.90 Å². The molecule has 94 valence electrons. The van der Waals surface area contributed by atoms with E-state index in [9.17, 15) is 5.11 Å². The van der Waals surface area contributed by atoms with Crippen molar-refractivity contribution in [2.45, 2.75) is 19.0 Å². The summed E-state index contributed by atoms with van der Waals surface area (Å²) in [5.74, 6) is 0. The van der Waals surface area contributed by atoms with Gasteiger partial charge in [0, 0.05) is 30.1 Å². The standard InChI is InChI=1S/C13H19BrN2O/c14-12-4-2-11(3-5-12)9-16-7-1-6-15-8-13(16)10-17/h2-5,13,15,17H,1,6-10H2. The molecule has 1 aromatic carbocycles. The first-order chi connectivity index (χ1) is 8.29. The number of aliphatic hydroxyl groups excluding tert-OH is 1. The van der Waals surface area contributed by atoms with E-state index in [1.807, 2.05) is 0 Å². The first-order valence-corrected chi connectivity index (χ1v) is 6.89. The van der Waals surface area contributed by atoms with Crippen LogP contribution >= 0.6 is 15.9 Å². The molecule has 17 heavy (non-hydrogen) atoms. The summed E-state index contributed by atoms with van der Waals surface area (Å²) in [6.45, 7) is 4.12. The van der Waals surface area contributed by atoms with Crippen LogP contribution in [0.1, 0.15) is 12.0 Å². The average molecular weight is 299 g/mol. The summed E-state index contributed by atoms with van der Waals surface area (Å²) in [4.78, 5) is 2.36. The highest BCUT2D eigenvalue weighted by atomic mass is 79.9. The lowest BCUT2D eigenvalue weighted by Crippen LogP contribution is -2.41. The van der Waals surface area contributed by atoms with E-state index in [1.54, 1.807) is 0 Å². The van der Waals surface area contributed by atoms with E-state index in [4.69, 9.17) is 0 Å². The molecule has 4 heteroatoms. The zero-order chi connectivity index (χ0) is 12.1. The molecule has 1 aliphatic rings. The lowest BCUT2D eigenvalue weighted by Gasteiger charge is -2.28. The molecule has 0 radical (unpaired) electrons. The molecule has 0 spiro atoms. The number of halogens is 1. The Labute approximate surface area is 111 Å². The van der Waals surface area contributed by atoms with E-state index in [2.05, 4.69) is 50.4 Å². The minimum atomic E-state index is 0.226. The molecule has 1 aliphatic heterocycles. The van der Waals surface area contributed by atoms with Crippen LogP contribution in [0.4, 0.5) is 0 Å². The third-order valence-electron chi connectivity index (χ3n) is 3.20. The van der Waals surface area contributed by atoms with Crippen molar-refractivity contribution < 1.29 is 5.11 Å². The lowest BCUT2D eigenvalue weighted by molar-refractivity contribution is 0.126. The van der Waals surface area contributed by atoms with E-state index < -0.39 is 0 Å². The van der Waals surface area contributed by atoms with Crippen molar-refractivity contribution >= 4 is 15.9 Å². The molecule has 3 nitrogen and oxygen atoms in total. The Balaban J connectivity index is 2.01. The number of nitrogens with zero attached hydrogens (tertiary/aromatic N) is 1. The molecule has 1 aromatic rings. The summed E-state index contributed by atoms with van der Waals surface area (Å²) in [5.41, 5.74) is 1.30. The molecule has 1 fully saturated rings. The van der Waals surface area contributed by atoms with E-state index in [-0.39, 0.29) is 12.6 Å². The summed E-state index contributed by atoms with van der Waals surface area (Å²) >= 11 is 3.45. The van der Waals surface area contributed by atoms with Gasteiger partial charge in [-0.15, -0.1) is 0 Å². The van der Waals surface area contributed by atoms with E-state index in [1.165, 1.54) is 5.56 Å². The van der Waals surface area contributed by atoms with Crippen LogP contribution in [0.5, 0.6) is 0 Å². The van der Waals surface area contributed by atoms with Gasteiger partial charge in [-0.2, -0.15) is 0 Å². The van der Waals surface area contributed by atoms with Crippen LogP contribution in [0, 0.1) is 0 Å². The minimum absolute atomic E-state index is 0.226. The third kappa shape index (κ3) is 3.78. The van der Waals surface area contributed by atoms with Crippen LogP contribution in [0.3, 0.4) is 0 Å². The summed E-state index contributed by atoms with van der Waals surface area (Å²) in [6.07, 6.45) is 1.15. The normalized spacial score (nSPS) is 22.4. The van der Waals surface area contributed by atoms with Gasteiger partial charge in [0.2, 0.25) is 0 Å². The molecular weight excluding hydrogens is 280 g/mol. The first-order valence-electron chi connectivity index (χ1n) is 6.09. The van der Waals surface area contributed by atoms with Crippen LogP contribution in [0.2, 0.25) is 0 Å². The molecule has 1 atom stereocenters. The SMILES string of the molecule is OCC1CNCCCN1Cc1ccc(Br)cc1. The van der Waals surface area contributed by atoms with Crippen LogP contribution in [-0.4, -0.2) is 42.3 Å². The van der Waals surface area contributed by atoms with Gasteiger partial charge in [0.15, 0.2) is 0 Å². The molecule has 0 aromatic heterocycles. The predicted octanol–water partition coefficient (Wildman–Crippen LogP) is 1.61. The molecule has 1 unspecified atom stereocenters. The van der Waals surface area contributed by atoms with Gasteiger partial charge < -0.3 is 10.4 Å². The van der Waals surface area contributed by atoms with Gasteiger partial charge in [0.25, 0.3) is 0 Å². The highest BCUT2D eigenvalue weighted by Gasteiger charge is 2.19. The Bertz CT molecular complexity index is 342. The van der Waals surface area contributed by atoms with Crippen LogP contribution < -0.4 is 5.32 Å². The van der Waals surface area contributed by atoms with E-state index in [0.29, 0.717) is 0 Å². The second-order valence-electron chi connectivity index (χ2n) is 4.49. The van der Waals surface area contributed by atoms with E-state index in [0.717, 1.165) is 37.1 Å². The maximum Gasteiger partial charge on any atom is 0.0599 e. The predicted molar refractivity (Wildman–Crippen MR) is 72.9 cm³/mol. The molecule has 1 saturated heterocycles. The number of benzene rings is 1. The lowest BCUT2D eigenvalue weighted by atomic mass is 10.1. The van der Waals surface area contributed by atoms with Crippen molar-refractivity contribution in [2.75, 3.05) is 26.2 Å². The molecule has 1 heterocycles. The molecule has 2 N–H and O–H groups in total. The highest BCUT2D eigenvalue weighted by Crippen LogP contribution is 2.14. The molecular formula is C13H19BrN2O. The van der Waals surface area contributed by atoms with Crippen molar-refractivity contribution in [3.8, 4) is 0 Å². The topological polar surface area (TPSA) is 35.5 Å². The Hall–Kier alpha value is -0.420. The maximum absolute atomic E-state index is 9.42. The molecule has 0 bridgehead atoms. The summed E-state index contributed by atoms with van der Waals surface area (Å²) in [6, 6.07) is 8.65. The smallest absolute Gasteiger partial charge is 0.0599 e. The Morgan fingerprint density at radius 3 is 2.82 bits per heavy atom. The van der Waals surface area contributed by atoms with Gasteiger partial charge in [-0.25, -0.2) is 0 Å². The number of hydrogen-bond acceptors (Lipinski definition) is 3. The van der Waals surface area contributed by atoms with Crippen molar-refractivity contribution in [3.05, 3.63) is 34.3 Å². The van der Waals surface area contributed by atoms with E-state index >= 15 is 0 Å². The monoisotopic (exact) mass is 298 g/mol. The van der Waals surface area contributed by atoms with Gasteiger partial charge >= 0.3 is 0 Å². The van der Waals surface area contributed by atoms with Crippen molar-refractivity contribution in [1.29, 1.82) is 0 Å². The fourth-order valence-electron chi connectivity index (χ4n) is 2.20. The number of aliphatic hydroxyl groups is 1. The Morgan fingerprint density at radius 2 is 2.12 bits per heavy atom. The Kier molecular flexibility index (Phi) is 4.98. The zero-order valence-corrected chi connectivity index (χ0v) is 11.5. The number of hydrogen-bond donors (Lipinski definition) is 2. The van der Waals surface area contributed by atoms with Crippen molar-refractivity contribution in [2.24, 2.45) is 0 Å². The fourth-order valence-corrected chi connectivity index (χ4v) is 2.46. The second kappa shape index (κ2) is 6.50. The zero-order valence-electron chi connectivity index (χ0n) is 9.90. The highest BCUT2D eigenvalue weighted by molar-refractivity contribution is 9.10. The number of rotatable bonds is 3. The summed E-state index contributed by atoms with van der Waals surface area (Å²) in [5, 5.41) is 12.8. The molecule has 0 saturated carbocycles. The molecule has 0 aliphatic carbocycles. The van der Waals surface area contributed by atoms with Gasteiger partial charge in [-0.05, 0) is 30.7 Å². The molecule has 0 amide bonds. The quantitative estimate of drug-likeness (QED) is 0.890. The summed E-state index contributed by atoms with van der Waals surface area (Å²) in [7, 11) is 0. The van der Waals surface area contributed by atoms with Crippen molar-refractivity contribution in [3.63, 3.8) is 0 Å². The second-order valence-corrected chi connectivity index (χ2v) is 5.41. The third-order valence-corrected chi connectivity index (χ3v) is 3.73. The van der Waals surface area contributed by atoms with Crippen molar-refractivity contribution in [1.82, 2.24) is 10.2 Å². The number of nitrogens with one attached hydrogen (secondary N) is 1. The van der Waals surface area contributed by atoms with Gasteiger partial charge in [0.1, 0.15) is 0 Å². The van der Waals surface area contributed by atoms with Gasteiger partial charge in [0.05, 0.1) is 6.61 Å². The first kappa shape index (κ1) is 13.0. The van der Waals surface area contributed by atoms with Crippen LogP contribution in [0.25, 0.3) is 0 Å². The average Bonchev–Trinajstić information content (AvgIpc) is 2.57. The van der Waals surface area contributed by atoms with Gasteiger partial charge in [-0.1, -0.05) is 28.1 Å². The van der Waals surface area contributed by atoms with Crippen LogP contribution in [-0.2, 0) is 6.54 Å². The fraction of sp³-hybridized carbons (Fsp3) is 0.538. The molecule has 2 rings (SSSR count). The largest absolute Gasteiger partial charge is 0.395 e.